The number of phenolic OH excluding ortho intramolecular Hbond substituents is 1. The molecule has 6 heteroatoms. The van der Waals surface area contributed by atoms with E-state index in [-0.39, 0.29) is 22.3 Å². The van der Waals surface area contributed by atoms with Crippen LogP contribution in [0.5, 0.6) is 5.75 Å². The minimum Gasteiger partial charge on any atom is -0.506 e. The molecule has 134 valence electrons. The van der Waals surface area contributed by atoms with Gasteiger partial charge in [-0.15, -0.1) is 5.10 Å². The van der Waals surface area contributed by atoms with Gasteiger partial charge < -0.3 is 5.11 Å². The summed E-state index contributed by atoms with van der Waals surface area (Å²) < 4.78 is 0. The minimum absolute atomic E-state index is 0.108. The van der Waals surface area contributed by atoms with Crippen LogP contribution in [0.1, 0.15) is 21.5 Å². The van der Waals surface area contributed by atoms with Gasteiger partial charge in [0.25, 0.3) is 0 Å². The van der Waals surface area contributed by atoms with Gasteiger partial charge in [0.1, 0.15) is 11.5 Å². The number of phenols is 1. The maximum absolute atomic E-state index is 12.9. The molecule has 3 rings (SSSR count). The van der Waals surface area contributed by atoms with Crippen LogP contribution in [-0.2, 0) is 0 Å². The van der Waals surface area contributed by atoms with Crippen LogP contribution in [0.4, 0.5) is 0 Å². The van der Waals surface area contributed by atoms with E-state index in [9.17, 15) is 9.90 Å². The molecule has 0 heterocycles. The summed E-state index contributed by atoms with van der Waals surface area (Å²) in [6.45, 7) is 0. The standard InChI is InChI=1S/C21H14Cl2N2O2/c22-17-11-16(20(26)18(23)12-17)13-24-25-19(14-7-3-1-4-8-14)21(27)15-9-5-2-6-10-15/h1-13,26H/b24-13-,25-19+. The second-order valence-electron chi connectivity index (χ2n) is 5.58. The van der Waals surface area contributed by atoms with Crippen LogP contribution >= 0.6 is 23.2 Å². The average Bonchev–Trinajstić information content (AvgIpc) is 2.69. The molecule has 0 saturated carbocycles. The van der Waals surface area contributed by atoms with Crippen molar-refractivity contribution in [2.45, 2.75) is 0 Å². The van der Waals surface area contributed by atoms with Gasteiger partial charge in [-0.2, -0.15) is 5.10 Å². The van der Waals surface area contributed by atoms with Crippen molar-refractivity contribution >= 4 is 40.9 Å². The fourth-order valence-electron chi connectivity index (χ4n) is 2.39. The van der Waals surface area contributed by atoms with E-state index in [0.29, 0.717) is 21.7 Å². The molecule has 0 aliphatic heterocycles. The average molecular weight is 397 g/mol. The number of nitrogens with zero attached hydrogens (tertiary/aromatic N) is 2. The zero-order valence-corrected chi connectivity index (χ0v) is 15.5. The molecular weight excluding hydrogens is 383 g/mol. The van der Waals surface area contributed by atoms with Crippen molar-refractivity contribution in [1.29, 1.82) is 0 Å². The number of carbonyl (C=O) groups is 1. The maximum atomic E-state index is 12.9. The molecule has 0 atom stereocenters. The number of aromatic hydroxyl groups is 1. The van der Waals surface area contributed by atoms with E-state index in [2.05, 4.69) is 10.2 Å². The Balaban J connectivity index is 2.00. The topological polar surface area (TPSA) is 62.0 Å². The van der Waals surface area contributed by atoms with Gasteiger partial charge in [0.05, 0.1) is 11.2 Å². The lowest BCUT2D eigenvalue weighted by molar-refractivity contribution is 0.106. The minimum atomic E-state index is -0.257. The molecule has 0 bridgehead atoms. The number of rotatable bonds is 5. The van der Waals surface area contributed by atoms with Crippen molar-refractivity contribution in [3.05, 3.63) is 99.5 Å². The lowest BCUT2D eigenvalue weighted by atomic mass is 10.0. The second kappa shape index (κ2) is 8.62. The van der Waals surface area contributed by atoms with Gasteiger partial charge in [-0.05, 0) is 12.1 Å². The number of carbonyl (C=O) groups excluding carboxylic acids is 1. The van der Waals surface area contributed by atoms with Crippen molar-refractivity contribution < 1.29 is 9.90 Å². The van der Waals surface area contributed by atoms with Crippen molar-refractivity contribution in [1.82, 2.24) is 0 Å². The number of halogens is 2. The molecule has 0 fully saturated rings. The quantitative estimate of drug-likeness (QED) is 0.356. The Kier molecular flexibility index (Phi) is 6.01. The first-order valence-electron chi connectivity index (χ1n) is 8.00. The first-order chi connectivity index (χ1) is 13.1. The van der Waals surface area contributed by atoms with Crippen LogP contribution in [0.2, 0.25) is 10.0 Å². The van der Waals surface area contributed by atoms with Crippen molar-refractivity contribution in [2.24, 2.45) is 10.2 Å². The van der Waals surface area contributed by atoms with Gasteiger partial charge in [-0.25, -0.2) is 0 Å². The van der Waals surface area contributed by atoms with E-state index in [4.69, 9.17) is 23.2 Å². The fourth-order valence-corrected chi connectivity index (χ4v) is 2.90. The number of Topliss-reactive ketones (excluding diaryl/α,β-unsaturated/α-hetero) is 1. The highest BCUT2D eigenvalue weighted by Crippen LogP contribution is 2.30. The number of hydrogen-bond acceptors (Lipinski definition) is 4. The van der Waals surface area contributed by atoms with E-state index in [0.717, 1.165) is 0 Å². The van der Waals surface area contributed by atoms with Gasteiger partial charge in [0.15, 0.2) is 0 Å². The summed E-state index contributed by atoms with van der Waals surface area (Å²) in [5.74, 6) is -0.414. The van der Waals surface area contributed by atoms with Crippen LogP contribution in [0.15, 0.2) is 83.0 Å². The normalized spacial score (nSPS) is 11.7. The predicted molar refractivity (Wildman–Crippen MR) is 109 cm³/mol. The highest BCUT2D eigenvalue weighted by Gasteiger charge is 2.16. The summed E-state index contributed by atoms with van der Waals surface area (Å²) in [6.07, 6.45) is 1.30. The van der Waals surface area contributed by atoms with E-state index in [1.54, 1.807) is 36.4 Å². The molecule has 0 amide bonds. The Morgan fingerprint density at radius 3 is 2.11 bits per heavy atom. The van der Waals surface area contributed by atoms with Crippen LogP contribution in [0, 0.1) is 0 Å². The summed E-state index contributed by atoms with van der Waals surface area (Å²) >= 11 is 11.8. The Hall–Kier alpha value is -2.95. The Morgan fingerprint density at radius 2 is 1.48 bits per heavy atom. The molecule has 0 aliphatic rings. The summed E-state index contributed by atoms with van der Waals surface area (Å²) in [6, 6.07) is 20.8. The van der Waals surface area contributed by atoms with Crippen molar-refractivity contribution in [2.75, 3.05) is 0 Å². The second-order valence-corrected chi connectivity index (χ2v) is 6.42. The molecule has 0 aliphatic carbocycles. The maximum Gasteiger partial charge on any atom is 0.213 e. The molecule has 3 aromatic rings. The van der Waals surface area contributed by atoms with E-state index in [1.165, 1.54) is 18.3 Å². The zero-order chi connectivity index (χ0) is 19.2. The van der Waals surface area contributed by atoms with Crippen molar-refractivity contribution in [3.63, 3.8) is 0 Å². The summed E-state index contributed by atoms with van der Waals surface area (Å²) in [4.78, 5) is 12.9. The van der Waals surface area contributed by atoms with Gasteiger partial charge in [-0.3, -0.25) is 4.79 Å². The van der Waals surface area contributed by atoms with Crippen LogP contribution in [0.25, 0.3) is 0 Å². The number of hydrogen-bond donors (Lipinski definition) is 1. The molecular formula is C21H14Cl2N2O2. The number of benzene rings is 3. The first kappa shape index (κ1) is 18.8. The van der Waals surface area contributed by atoms with Crippen LogP contribution in [0.3, 0.4) is 0 Å². The van der Waals surface area contributed by atoms with Crippen LogP contribution < -0.4 is 0 Å². The third-order valence-corrected chi connectivity index (χ3v) is 4.22. The van der Waals surface area contributed by atoms with E-state index < -0.39 is 0 Å². The Morgan fingerprint density at radius 1 is 0.889 bits per heavy atom. The van der Waals surface area contributed by atoms with Gasteiger partial charge >= 0.3 is 0 Å². The molecule has 4 nitrogen and oxygen atoms in total. The molecule has 0 spiro atoms. The van der Waals surface area contributed by atoms with Gasteiger partial charge in [-0.1, -0.05) is 83.9 Å². The van der Waals surface area contributed by atoms with Gasteiger partial charge in [0.2, 0.25) is 5.78 Å². The molecule has 3 aromatic carbocycles. The third kappa shape index (κ3) is 4.61. The molecule has 0 saturated heterocycles. The predicted octanol–water partition coefficient (Wildman–Crippen LogP) is 5.41. The molecule has 27 heavy (non-hydrogen) atoms. The Labute approximate surface area is 166 Å². The monoisotopic (exact) mass is 396 g/mol. The van der Waals surface area contributed by atoms with Crippen LogP contribution in [-0.4, -0.2) is 22.8 Å². The first-order valence-corrected chi connectivity index (χ1v) is 8.76. The largest absolute Gasteiger partial charge is 0.506 e. The van der Waals surface area contributed by atoms with Gasteiger partial charge in [0, 0.05) is 21.7 Å². The number of ketones is 1. The molecule has 0 radical (unpaired) electrons. The van der Waals surface area contributed by atoms with E-state index >= 15 is 0 Å². The summed E-state index contributed by atoms with van der Waals surface area (Å²) in [7, 11) is 0. The Bertz CT molecular complexity index is 1020. The fraction of sp³-hybridized carbons (Fsp3) is 0. The highest BCUT2D eigenvalue weighted by molar-refractivity contribution is 6.51. The smallest absolute Gasteiger partial charge is 0.213 e. The molecule has 0 aromatic heterocycles. The SMILES string of the molecule is O=C(/C(=N/N=C\c1cc(Cl)cc(Cl)c1O)c1ccccc1)c1ccccc1. The van der Waals surface area contributed by atoms with E-state index in [1.807, 2.05) is 24.3 Å². The van der Waals surface area contributed by atoms with Crippen molar-refractivity contribution in [3.8, 4) is 5.75 Å². The lowest BCUT2D eigenvalue weighted by Gasteiger charge is -2.05. The highest BCUT2D eigenvalue weighted by atomic mass is 35.5. The third-order valence-electron chi connectivity index (χ3n) is 3.71. The zero-order valence-electron chi connectivity index (χ0n) is 14.0. The summed E-state index contributed by atoms with van der Waals surface area (Å²) in [5.41, 5.74) is 1.63. The summed E-state index contributed by atoms with van der Waals surface area (Å²) in [5, 5.41) is 18.5. The molecule has 1 N–H and O–H groups in total. The lowest BCUT2D eigenvalue weighted by Crippen LogP contribution is -2.15. The molecule has 0 unspecified atom stereocenters.